The van der Waals surface area contributed by atoms with Gasteiger partial charge in [0.25, 0.3) is 5.91 Å². The number of carbonyl (C=O) groups excluding carboxylic acids is 1. The molecule has 30 heavy (non-hydrogen) atoms. The van der Waals surface area contributed by atoms with E-state index in [0.717, 1.165) is 23.6 Å². The molecule has 0 aliphatic carbocycles. The fourth-order valence-electron chi connectivity index (χ4n) is 4.31. The van der Waals surface area contributed by atoms with Crippen molar-refractivity contribution in [2.24, 2.45) is 17.8 Å². The van der Waals surface area contributed by atoms with Gasteiger partial charge in [0.2, 0.25) is 0 Å². The van der Waals surface area contributed by atoms with Crippen LogP contribution < -0.4 is 5.32 Å². The van der Waals surface area contributed by atoms with E-state index in [2.05, 4.69) is 45.1 Å². The van der Waals surface area contributed by atoms with Crippen molar-refractivity contribution in [3.05, 3.63) is 47.5 Å². The molecule has 1 amide bonds. The van der Waals surface area contributed by atoms with Crippen molar-refractivity contribution in [3.8, 4) is 0 Å². The van der Waals surface area contributed by atoms with Crippen molar-refractivity contribution in [1.82, 2.24) is 5.32 Å². The standard InChI is InChI=1S/C27H41NO2/c1-20(2)9-7-10-21(3)11-8-12-22(4)19-23-15-16-26(27(30)28-17-18-29)25-14-6-5-13-24(23)25/h5-6,13-16,20-22,29H,7-12,17-19H2,1-4H3,(H,28,30). The molecule has 0 spiro atoms. The Hall–Kier alpha value is -1.87. The van der Waals surface area contributed by atoms with E-state index >= 15 is 0 Å². The van der Waals surface area contributed by atoms with Crippen LogP contribution in [0.15, 0.2) is 36.4 Å². The van der Waals surface area contributed by atoms with Gasteiger partial charge in [-0.1, -0.05) is 96.6 Å². The summed E-state index contributed by atoms with van der Waals surface area (Å²) < 4.78 is 0. The molecule has 0 bridgehead atoms. The molecule has 0 aliphatic heterocycles. The Bertz CT molecular complexity index is 784. The van der Waals surface area contributed by atoms with E-state index in [1.54, 1.807) is 0 Å². The number of hydrogen-bond donors (Lipinski definition) is 2. The van der Waals surface area contributed by atoms with Crippen molar-refractivity contribution in [2.45, 2.75) is 72.6 Å². The molecule has 0 saturated heterocycles. The molecule has 166 valence electrons. The summed E-state index contributed by atoms with van der Waals surface area (Å²) in [7, 11) is 0. The molecule has 0 aliphatic rings. The van der Waals surface area contributed by atoms with Gasteiger partial charge in [-0.05, 0) is 46.6 Å². The number of aliphatic hydroxyl groups excluding tert-OH is 1. The quantitative estimate of drug-likeness (QED) is 0.402. The maximum atomic E-state index is 12.4. The lowest BCUT2D eigenvalue weighted by atomic mass is 9.89. The van der Waals surface area contributed by atoms with Crippen LogP contribution in [0.3, 0.4) is 0 Å². The number of rotatable bonds is 13. The van der Waals surface area contributed by atoms with E-state index in [9.17, 15) is 4.79 Å². The first kappa shape index (κ1) is 24.4. The zero-order chi connectivity index (χ0) is 21.9. The fraction of sp³-hybridized carbons (Fsp3) is 0.593. The number of aliphatic hydroxyl groups is 1. The molecule has 2 aromatic rings. The number of amides is 1. The van der Waals surface area contributed by atoms with Crippen LogP contribution in [0.4, 0.5) is 0 Å². The molecule has 2 N–H and O–H groups in total. The van der Waals surface area contributed by atoms with Crippen LogP contribution in [0.5, 0.6) is 0 Å². The van der Waals surface area contributed by atoms with Gasteiger partial charge in [-0.15, -0.1) is 0 Å². The Labute approximate surface area is 183 Å². The molecule has 2 unspecified atom stereocenters. The second-order valence-corrected chi connectivity index (χ2v) is 9.47. The van der Waals surface area contributed by atoms with Gasteiger partial charge >= 0.3 is 0 Å². The van der Waals surface area contributed by atoms with Crippen LogP contribution >= 0.6 is 0 Å². The molecular weight excluding hydrogens is 370 g/mol. The van der Waals surface area contributed by atoms with Crippen molar-refractivity contribution in [1.29, 1.82) is 0 Å². The number of benzene rings is 2. The first-order valence-corrected chi connectivity index (χ1v) is 11.8. The molecule has 2 aromatic carbocycles. The third-order valence-corrected chi connectivity index (χ3v) is 6.10. The van der Waals surface area contributed by atoms with E-state index in [0.29, 0.717) is 11.5 Å². The van der Waals surface area contributed by atoms with Crippen LogP contribution in [0.1, 0.15) is 82.1 Å². The lowest BCUT2D eigenvalue weighted by Gasteiger charge is -2.17. The Morgan fingerprint density at radius 1 is 0.867 bits per heavy atom. The van der Waals surface area contributed by atoms with Crippen molar-refractivity contribution in [2.75, 3.05) is 13.2 Å². The first-order valence-electron chi connectivity index (χ1n) is 11.8. The van der Waals surface area contributed by atoms with E-state index in [1.165, 1.54) is 49.5 Å². The lowest BCUT2D eigenvalue weighted by Crippen LogP contribution is -2.26. The van der Waals surface area contributed by atoms with Gasteiger partial charge in [-0.25, -0.2) is 0 Å². The molecule has 3 nitrogen and oxygen atoms in total. The highest BCUT2D eigenvalue weighted by Crippen LogP contribution is 2.27. The maximum absolute atomic E-state index is 12.4. The topological polar surface area (TPSA) is 49.3 Å². The van der Waals surface area contributed by atoms with Crippen LogP contribution in [0, 0.1) is 17.8 Å². The zero-order valence-corrected chi connectivity index (χ0v) is 19.4. The average molecular weight is 412 g/mol. The molecule has 3 heteroatoms. The van der Waals surface area contributed by atoms with Crippen LogP contribution in [0.25, 0.3) is 10.8 Å². The highest BCUT2D eigenvalue weighted by atomic mass is 16.3. The van der Waals surface area contributed by atoms with Crippen LogP contribution in [0.2, 0.25) is 0 Å². The first-order chi connectivity index (χ1) is 14.4. The molecule has 2 atom stereocenters. The number of fused-ring (bicyclic) bond motifs is 1. The summed E-state index contributed by atoms with van der Waals surface area (Å²) in [5.74, 6) is 2.16. The SMILES string of the molecule is CC(C)CCCC(C)CCCC(C)Cc1ccc(C(=O)NCCO)c2ccccc12. The predicted molar refractivity (Wildman–Crippen MR) is 128 cm³/mol. The Kier molecular flexibility index (Phi) is 10.4. The highest BCUT2D eigenvalue weighted by molar-refractivity contribution is 6.07. The molecule has 2 rings (SSSR count). The second-order valence-electron chi connectivity index (χ2n) is 9.47. The molecule has 0 fully saturated rings. The normalized spacial score (nSPS) is 13.5. The van der Waals surface area contributed by atoms with Gasteiger partial charge < -0.3 is 10.4 Å². The number of carbonyl (C=O) groups is 1. The Balaban J connectivity index is 1.93. The minimum atomic E-state index is -0.119. The van der Waals surface area contributed by atoms with Crippen molar-refractivity contribution < 1.29 is 9.90 Å². The van der Waals surface area contributed by atoms with E-state index in [-0.39, 0.29) is 19.1 Å². The molecule has 0 radical (unpaired) electrons. The fourth-order valence-corrected chi connectivity index (χ4v) is 4.31. The zero-order valence-electron chi connectivity index (χ0n) is 19.4. The highest BCUT2D eigenvalue weighted by Gasteiger charge is 2.14. The predicted octanol–water partition coefficient (Wildman–Crippen LogP) is 6.37. The smallest absolute Gasteiger partial charge is 0.251 e. The largest absolute Gasteiger partial charge is 0.395 e. The summed E-state index contributed by atoms with van der Waals surface area (Å²) in [5, 5.41) is 13.9. The van der Waals surface area contributed by atoms with Gasteiger partial charge in [-0.3, -0.25) is 4.79 Å². The third-order valence-electron chi connectivity index (χ3n) is 6.10. The van der Waals surface area contributed by atoms with Crippen LogP contribution in [-0.4, -0.2) is 24.2 Å². The van der Waals surface area contributed by atoms with Gasteiger partial charge in [-0.2, -0.15) is 0 Å². The number of nitrogens with one attached hydrogen (secondary N) is 1. The van der Waals surface area contributed by atoms with Gasteiger partial charge in [0.15, 0.2) is 0 Å². The summed E-state index contributed by atoms with van der Waals surface area (Å²) in [5.41, 5.74) is 2.01. The average Bonchev–Trinajstić information content (AvgIpc) is 2.72. The van der Waals surface area contributed by atoms with Gasteiger partial charge in [0.1, 0.15) is 0 Å². The monoisotopic (exact) mass is 411 g/mol. The summed E-state index contributed by atoms with van der Waals surface area (Å²) in [4.78, 5) is 12.4. The van der Waals surface area contributed by atoms with Crippen molar-refractivity contribution in [3.63, 3.8) is 0 Å². The lowest BCUT2D eigenvalue weighted by molar-refractivity contribution is 0.0946. The minimum Gasteiger partial charge on any atom is -0.395 e. The van der Waals surface area contributed by atoms with Crippen LogP contribution in [-0.2, 0) is 6.42 Å². The van der Waals surface area contributed by atoms with Gasteiger partial charge in [0.05, 0.1) is 6.61 Å². The van der Waals surface area contributed by atoms with E-state index < -0.39 is 0 Å². The van der Waals surface area contributed by atoms with Crippen molar-refractivity contribution >= 4 is 16.7 Å². The minimum absolute atomic E-state index is 0.0460. The summed E-state index contributed by atoms with van der Waals surface area (Å²) in [6.45, 7) is 9.60. The Morgan fingerprint density at radius 2 is 1.50 bits per heavy atom. The maximum Gasteiger partial charge on any atom is 0.251 e. The second kappa shape index (κ2) is 12.7. The molecular formula is C27H41NO2. The summed E-state index contributed by atoms with van der Waals surface area (Å²) >= 11 is 0. The summed E-state index contributed by atoms with van der Waals surface area (Å²) in [6, 6.07) is 12.2. The van der Waals surface area contributed by atoms with E-state index in [4.69, 9.17) is 5.11 Å². The summed E-state index contributed by atoms with van der Waals surface area (Å²) in [6.07, 6.45) is 8.98. The molecule has 0 aromatic heterocycles. The van der Waals surface area contributed by atoms with E-state index in [1.807, 2.05) is 24.3 Å². The number of hydrogen-bond acceptors (Lipinski definition) is 2. The Morgan fingerprint density at radius 3 is 2.17 bits per heavy atom. The third kappa shape index (κ3) is 7.75. The molecule has 0 saturated carbocycles. The van der Waals surface area contributed by atoms with Gasteiger partial charge in [0, 0.05) is 12.1 Å². The molecule has 0 heterocycles.